The number of fused-ring (bicyclic) bond motifs is 1. The highest BCUT2D eigenvalue weighted by atomic mass is 35.5. The third kappa shape index (κ3) is 2.48. The highest BCUT2D eigenvalue weighted by Crippen LogP contribution is 2.27. The van der Waals surface area contributed by atoms with Crippen molar-refractivity contribution in [3.63, 3.8) is 0 Å². The van der Waals surface area contributed by atoms with E-state index in [1.807, 2.05) is 0 Å². The summed E-state index contributed by atoms with van der Waals surface area (Å²) in [5.74, 6) is 0. The zero-order valence-corrected chi connectivity index (χ0v) is 13.3. The molecule has 3 rings (SSSR count). The molecule has 0 spiro atoms. The molecule has 0 atom stereocenters. The van der Waals surface area contributed by atoms with Gasteiger partial charge in [-0.05, 0) is 29.7 Å². The van der Waals surface area contributed by atoms with Crippen LogP contribution in [0.3, 0.4) is 0 Å². The van der Waals surface area contributed by atoms with Crippen molar-refractivity contribution in [2.75, 3.05) is 11.4 Å². The van der Waals surface area contributed by atoms with E-state index in [4.69, 9.17) is 11.6 Å². The molecular formula is C13H10ClN3O2S2. The first kappa shape index (κ1) is 14.2. The summed E-state index contributed by atoms with van der Waals surface area (Å²) in [7, 11) is -2.16. The molecule has 1 aromatic carbocycles. The molecule has 8 heteroatoms. The van der Waals surface area contributed by atoms with Gasteiger partial charge in [0.2, 0.25) is 0 Å². The Morgan fingerprint density at radius 2 is 2.00 bits per heavy atom. The van der Waals surface area contributed by atoms with E-state index in [9.17, 15) is 8.42 Å². The van der Waals surface area contributed by atoms with Crippen LogP contribution in [0.25, 0.3) is 10.8 Å². The molecule has 5 nitrogen and oxygen atoms in total. The molecule has 0 saturated carbocycles. The summed E-state index contributed by atoms with van der Waals surface area (Å²) in [6.45, 7) is 0. The minimum atomic E-state index is -3.65. The molecule has 21 heavy (non-hydrogen) atoms. The van der Waals surface area contributed by atoms with Crippen LogP contribution in [-0.2, 0) is 10.0 Å². The van der Waals surface area contributed by atoms with E-state index in [1.54, 1.807) is 36.0 Å². The minimum Gasteiger partial charge on any atom is -0.244 e. The Balaban J connectivity index is 2.11. The Morgan fingerprint density at radius 1 is 1.19 bits per heavy atom. The fourth-order valence-electron chi connectivity index (χ4n) is 1.91. The number of anilines is 1. The lowest BCUT2D eigenvalue weighted by molar-refractivity contribution is 0.594. The lowest BCUT2D eigenvalue weighted by atomic mass is 10.2. The summed E-state index contributed by atoms with van der Waals surface area (Å²) in [6.07, 6.45) is 3.11. The Labute approximate surface area is 130 Å². The van der Waals surface area contributed by atoms with Crippen LogP contribution in [0, 0.1) is 0 Å². The van der Waals surface area contributed by atoms with Crippen molar-refractivity contribution >= 4 is 48.9 Å². The van der Waals surface area contributed by atoms with Crippen molar-refractivity contribution in [2.24, 2.45) is 0 Å². The maximum absolute atomic E-state index is 12.6. The molecule has 0 N–H and O–H groups in total. The SMILES string of the molecule is CN(c1nccs1)S(=O)(=O)c1ccc2c(Cl)nccc2c1. The van der Waals surface area contributed by atoms with Gasteiger partial charge >= 0.3 is 0 Å². The lowest BCUT2D eigenvalue weighted by Gasteiger charge is -2.16. The highest BCUT2D eigenvalue weighted by molar-refractivity contribution is 7.93. The van der Waals surface area contributed by atoms with Gasteiger partial charge in [-0.2, -0.15) is 0 Å². The van der Waals surface area contributed by atoms with Crippen molar-refractivity contribution in [2.45, 2.75) is 4.90 Å². The first-order valence-corrected chi connectivity index (χ1v) is 8.62. The Kier molecular flexibility index (Phi) is 3.56. The van der Waals surface area contributed by atoms with Gasteiger partial charge in [0.15, 0.2) is 5.13 Å². The molecule has 0 amide bonds. The molecule has 108 valence electrons. The van der Waals surface area contributed by atoms with E-state index >= 15 is 0 Å². The lowest BCUT2D eigenvalue weighted by Crippen LogP contribution is -2.26. The molecule has 0 radical (unpaired) electrons. The fraction of sp³-hybridized carbons (Fsp3) is 0.0769. The third-order valence-electron chi connectivity index (χ3n) is 3.03. The number of nitrogens with zero attached hydrogens (tertiary/aromatic N) is 3. The number of halogens is 1. The second kappa shape index (κ2) is 5.25. The van der Waals surface area contributed by atoms with E-state index in [-0.39, 0.29) is 4.90 Å². The molecule has 0 saturated heterocycles. The van der Waals surface area contributed by atoms with Gasteiger partial charge in [0.25, 0.3) is 10.0 Å². The summed E-state index contributed by atoms with van der Waals surface area (Å²) in [6, 6.07) is 6.49. The van der Waals surface area contributed by atoms with E-state index in [0.29, 0.717) is 10.3 Å². The second-order valence-corrected chi connectivity index (χ2v) is 7.47. The normalized spacial score (nSPS) is 11.7. The topological polar surface area (TPSA) is 63.2 Å². The van der Waals surface area contributed by atoms with Crippen molar-refractivity contribution in [3.8, 4) is 0 Å². The van der Waals surface area contributed by atoms with Crippen molar-refractivity contribution < 1.29 is 8.42 Å². The van der Waals surface area contributed by atoms with Crippen molar-refractivity contribution in [1.82, 2.24) is 9.97 Å². The minimum absolute atomic E-state index is 0.190. The molecule has 0 aliphatic carbocycles. The summed E-state index contributed by atoms with van der Waals surface area (Å²) < 4.78 is 26.4. The smallest absolute Gasteiger partial charge is 0.244 e. The van der Waals surface area contributed by atoms with Crippen LogP contribution >= 0.6 is 22.9 Å². The molecule has 0 aliphatic heterocycles. The first-order valence-electron chi connectivity index (χ1n) is 5.93. The molecular weight excluding hydrogens is 330 g/mol. The van der Waals surface area contributed by atoms with Gasteiger partial charge in [0, 0.05) is 30.2 Å². The van der Waals surface area contributed by atoms with Gasteiger partial charge in [0.1, 0.15) is 5.15 Å². The molecule has 2 aromatic heterocycles. The maximum Gasteiger partial charge on any atom is 0.265 e. The van der Waals surface area contributed by atoms with Gasteiger partial charge in [-0.25, -0.2) is 22.7 Å². The maximum atomic E-state index is 12.6. The van der Waals surface area contributed by atoms with Gasteiger partial charge in [-0.1, -0.05) is 11.6 Å². The van der Waals surface area contributed by atoms with Gasteiger partial charge < -0.3 is 0 Å². The molecule has 0 bridgehead atoms. The summed E-state index contributed by atoms with van der Waals surface area (Å²) in [5, 5.41) is 3.94. The number of rotatable bonds is 3. The van der Waals surface area contributed by atoms with E-state index in [0.717, 1.165) is 10.8 Å². The molecule has 0 unspecified atom stereocenters. The van der Waals surface area contributed by atoms with Crippen LogP contribution < -0.4 is 4.31 Å². The Bertz CT molecular complexity index is 895. The van der Waals surface area contributed by atoms with Crippen LogP contribution in [-0.4, -0.2) is 25.4 Å². The molecule has 0 fully saturated rings. The number of hydrogen-bond donors (Lipinski definition) is 0. The van der Waals surface area contributed by atoms with Crippen LogP contribution in [0.4, 0.5) is 5.13 Å². The number of pyridine rings is 1. The molecule has 0 aliphatic rings. The van der Waals surface area contributed by atoms with E-state index in [2.05, 4.69) is 9.97 Å². The van der Waals surface area contributed by atoms with E-state index in [1.165, 1.54) is 28.8 Å². The second-order valence-electron chi connectivity index (χ2n) is 4.27. The largest absolute Gasteiger partial charge is 0.265 e. The predicted molar refractivity (Wildman–Crippen MR) is 84.5 cm³/mol. The van der Waals surface area contributed by atoms with Gasteiger partial charge in [-0.3, -0.25) is 0 Å². The quantitative estimate of drug-likeness (QED) is 0.687. The number of aromatic nitrogens is 2. The zero-order valence-electron chi connectivity index (χ0n) is 10.9. The average Bonchev–Trinajstić information content (AvgIpc) is 3.00. The highest BCUT2D eigenvalue weighted by Gasteiger charge is 2.23. The molecule has 2 heterocycles. The summed E-state index contributed by atoms with van der Waals surface area (Å²) in [4.78, 5) is 8.18. The summed E-state index contributed by atoms with van der Waals surface area (Å²) >= 11 is 7.25. The number of benzene rings is 1. The van der Waals surface area contributed by atoms with Crippen LogP contribution in [0.2, 0.25) is 5.15 Å². The fourth-order valence-corrected chi connectivity index (χ4v) is 4.16. The van der Waals surface area contributed by atoms with Crippen molar-refractivity contribution in [3.05, 3.63) is 47.2 Å². The standard InChI is InChI=1S/C13H10ClN3O2S2/c1-17(13-16-6-7-20-13)21(18,19)10-2-3-11-9(8-10)4-5-15-12(11)14/h2-8H,1H3. The monoisotopic (exact) mass is 339 g/mol. The number of hydrogen-bond acceptors (Lipinski definition) is 5. The Hall–Kier alpha value is -1.70. The number of thiazole rings is 1. The first-order chi connectivity index (χ1) is 10.00. The zero-order chi connectivity index (χ0) is 15.0. The number of sulfonamides is 1. The van der Waals surface area contributed by atoms with Crippen LogP contribution in [0.5, 0.6) is 0 Å². The predicted octanol–water partition coefficient (Wildman–Crippen LogP) is 3.17. The van der Waals surface area contributed by atoms with E-state index < -0.39 is 10.0 Å². The van der Waals surface area contributed by atoms with Gasteiger partial charge in [-0.15, -0.1) is 11.3 Å². The van der Waals surface area contributed by atoms with Gasteiger partial charge in [0.05, 0.1) is 4.90 Å². The Morgan fingerprint density at radius 3 is 2.71 bits per heavy atom. The van der Waals surface area contributed by atoms with Crippen LogP contribution in [0.1, 0.15) is 0 Å². The van der Waals surface area contributed by atoms with Crippen LogP contribution in [0.15, 0.2) is 46.9 Å². The summed E-state index contributed by atoms with van der Waals surface area (Å²) in [5.41, 5.74) is 0. The van der Waals surface area contributed by atoms with Crippen molar-refractivity contribution in [1.29, 1.82) is 0 Å². The average molecular weight is 340 g/mol. The third-order valence-corrected chi connectivity index (χ3v) is 6.04. The molecule has 3 aromatic rings.